The van der Waals surface area contributed by atoms with Gasteiger partial charge in [0.2, 0.25) is 0 Å². The van der Waals surface area contributed by atoms with Crippen LogP contribution in [0.3, 0.4) is 0 Å². The molecule has 0 bridgehead atoms. The Hall–Kier alpha value is -3.14. The minimum Gasteiger partial charge on any atom is -0.491 e. The fraction of sp³-hybridized carbons (Fsp3) is 0.424. The maximum absolute atomic E-state index is 14.6. The fourth-order valence-electron chi connectivity index (χ4n) is 4.22. The van der Waals surface area contributed by atoms with Crippen molar-refractivity contribution in [1.82, 2.24) is 0 Å². The van der Waals surface area contributed by atoms with E-state index in [-0.39, 0.29) is 11.6 Å². The number of benzene rings is 3. The second-order valence-electron chi connectivity index (χ2n) is 9.92. The Bertz CT molecular complexity index is 1090. The van der Waals surface area contributed by atoms with Crippen LogP contribution in [0.25, 0.3) is 11.1 Å². The Morgan fingerprint density at radius 2 is 1.57 bits per heavy atom. The monoisotopic (exact) mass is 504 g/mol. The zero-order chi connectivity index (χ0) is 26.5. The third kappa shape index (κ3) is 9.35. The average Bonchev–Trinajstić information content (AvgIpc) is 2.92. The molecule has 198 valence electrons. The van der Waals surface area contributed by atoms with E-state index >= 15 is 0 Å². The molecular weight excluding hydrogens is 463 g/mol. The first kappa shape index (κ1) is 28.4. The van der Waals surface area contributed by atoms with Crippen molar-refractivity contribution in [2.24, 2.45) is 5.92 Å². The number of aryl methyl sites for hydroxylation is 1. The first-order valence-electron chi connectivity index (χ1n) is 13.8. The van der Waals surface area contributed by atoms with Crippen LogP contribution in [0.15, 0.2) is 66.7 Å². The molecule has 0 aliphatic heterocycles. The van der Waals surface area contributed by atoms with E-state index < -0.39 is 5.97 Å². The molecule has 0 amide bonds. The third-order valence-electron chi connectivity index (χ3n) is 6.88. The lowest BCUT2D eigenvalue weighted by Crippen LogP contribution is -2.08. The van der Waals surface area contributed by atoms with Crippen molar-refractivity contribution in [3.63, 3.8) is 0 Å². The molecule has 3 rings (SSSR count). The van der Waals surface area contributed by atoms with E-state index in [1.807, 2.05) is 30.3 Å². The van der Waals surface area contributed by atoms with Crippen molar-refractivity contribution in [2.45, 2.75) is 78.6 Å². The summed E-state index contributed by atoms with van der Waals surface area (Å²) in [5.74, 6) is 0.787. The summed E-state index contributed by atoms with van der Waals surface area (Å²) >= 11 is 0. The molecule has 1 unspecified atom stereocenters. The van der Waals surface area contributed by atoms with Crippen LogP contribution in [0.1, 0.15) is 88.1 Å². The van der Waals surface area contributed by atoms with Gasteiger partial charge in [0.1, 0.15) is 5.75 Å². The second kappa shape index (κ2) is 15.2. The number of ether oxygens (including phenoxy) is 2. The van der Waals surface area contributed by atoms with E-state index in [1.165, 1.54) is 50.2 Å². The molecule has 3 aromatic carbocycles. The molecule has 0 aliphatic carbocycles. The lowest BCUT2D eigenvalue weighted by Gasteiger charge is -2.10. The SMILES string of the molecule is CCCCCc1ccc(OC(=O)c2ccc(-c3ccc(OCCCCCC(C)CC)c(F)c3)cc2)cc1. The Morgan fingerprint density at radius 1 is 0.838 bits per heavy atom. The largest absolute Gasteiger partial charge is 0.491 e. The predicted octanol–water partition coefficient (Wildman–Crippen LogP) is 9.43. The first-order chi connectivity index (χ1) is 18.0. The summed E-state index contributed by atoms with van der Waals surface area (Å²) in [5.41, 5.74) is 3.25. The van der Waals surface area contributed by atoms with Crippen LogP contribution in [0.4, 0.5) is 4.39 Å². The lowest BCUT2D eigenvalue weighted by atomic mass is 10.0. The van der Waals surface area contributed by atoms with Gasteiger partial charge in [-0.2, -0.15) is 0 Å². The number of carbonyl (C=O) groups excluding carboxylic acids is 1. The number of rotatable bonds is 15. The van der Waals surface area contributed by atoms with Crippen molar-refractivity contribution < 1.29 is 18.7 Å². The number of hydrogen-bond acceptors (Lipinski definition) is 3. The molecule has 3 nitrogen and oxygen atoms in total. The topological polar surface area (TPSA) is 35.5 Å². The van der Waals surface area contributed by atoms with Gasteiger partial charge in [-0.05, 0) is 78.3 Å². The van der Waals surface area contributed by atoms with Crippen molar-refractivity contribution in [3.05, 3.63) is 83.7 Å². The van der Waals surface area contributed by atoms with Crippen LogP contribution in [0, 0.1) is 11.7 Å². The van der Waals surface area contributed by atoms with Gasteiger partial charge >= 0.3 is 5.97 Å². The third-order valence-corrected chi connectivity index (χ3v) is 6.88. The maximum Gasteiger partial charge on any atom is 0.343 e. The highest BCUT2D eigenvalue weighted by atomic mass is 19.1. The van der Waals surface area contributed by atoms with Crippen LogP contribution < -0.4 is 9.47 Å². The van der Waals surface area contributed by atoms with Gasteiger partial charge in [-0.1, -0.05) is 89.6 Å². The molecule has 4 heteroatoms. The molecule has 0 saturated heterocycles. The van der Waals surface area contributed by atoms with Crippen LogP contribution in [0.5, 0.6) is 11.5 Å². The van der Waals surface area contributed by atoms with Crippen molar-refractivity contribution >= 4 is 5.97 Å². The number of unbranched alkanes of at least 4 members (excludes halogenated alkanes) is 4. The highest BCUT2D eigenvalue weighted by Crippen LogP contribution is 2.27. The number of halogens is 1. The van der Waals surface area contributed by atoms with E-state index in [2.05, 4.69) is 20.8 Å². The minimum absolute atomic E-state index is 0.280. The van der Waals surface area contributed by atoms with Crippen LogP contribution in [-0.2, 0) is 6.42 Å². The zero-order valence-electron chi connectivity index (χ0n) is 22.6. The van der Waals surface area contributed by atoms with Crippen LogP contribution in [0.2, 0.25) is 0 Å². The van der Waals surface area contributed by atoms with Gasteiger partial charge < -0.3 is 9.47 Å². The van der Waals surface area contributed by atoms with E-state index in [0.717, 1.165) is 36.3 Å². The van der Waals surface area contributed by atoms with Gasteiger partial charge in [0.05, 0.1) is 12.2 Å². The second-order valence-corrected chi connectivity index (χ2v) is 9.92. The molecule has 37 heavy (non-hydrogen) atoms. The normalized spacial score (nSPS) is 11.8. The van der Waals surface area contributed by atoms with Crippen molar-refractivity contribution in [3.8, 4) is 22.6 Å². The first-order valence-corrected chi connectivity index (χ1v) is 13.8. The molecule has 0 saturated carbocycles. The quantitative estimate of drug-likeness (QED) is 0.117. The summed E-state index contributed by atoms with van der Waals surface area (Å²) in [7, 11) is 0. The van der Waals surface area contributed by atoms with Crippen molar-refractivity contribution in [1.29, 1.82) is 0 Å². The van der Waals surface area contributed by atoms with E-state index in [0.29, 0.717) is 17.9 Å². The molecule has 0 aliphatic rings. The Labute approximate surface area is 222 Å². The predicted molar refractivity (Wildman–Crippen MR) is 150 cm³/mol. The average molecular weight is 505 g/mol. The Kier molecular flexibility index (Phi) is 11.7. The number of esters is 1. The molecule has 0 aromatic heterocycles. The molecule has 1 atom stereocenters. The molecule has 0 fully saturated rings. The van der Waals surface area contributed by atoms with Crippen LogP contribution >= 0.6 is 0 Å². The molecule has 0 N–H and O–H groups in total. The highest BCUT2D eigenvalue weighted by molar-refractivity contribution is 5.91. The summed E-state index contributed by atoms with van der Waals surface area (Å²) in [6.45, 7) is 7.21. The van der Waals surface area contributed by atoms with Gasteiger partial charge in [-0.15, -0.1) is 0 Å². The standard InChI is InChI=1S/C33H41FO3/c1-4-6-8-12-26-13-20-30(21-14-26)37-33(35)28-17-15-27(16-18-28)29-19-22-32(31(34)24-29)36-23-10-7-9-11-25(3)5-2/h13-22,24-25H,4-12,23H2,1-3H3. The summed E-state index contributed by atoms with van der Waals surface area (Å²) in [6.07, 6.45) is 10.3. The van der Waals surface area contributed by atoms with Crippen molar-refractivity contribution in [2.75, 3.05) is 6.61 Å². The molecule has 0 radical (unpaired) electrons. The smallest absolute Gasteiger partial charge is 0.343 e. The Morgan fingerprint density at radius 3 is 2.24 bits per heavy atom. The Balaban J connectivity index is 1.49. The van der Waals surface area contributed by atoms with Gasteiger partial charge in [0.25, 0.3) is 0 Å². The molecule has 3 aromatic rings. The number of carbonyl (C=O) groups is 1. The minimum atomic E-state index is -0.413. The van der Waals surface area contributed by atoms with Crippen LogP contribution in [-0.4, -0.2) is 12.6 Å². The zero-order valence-corrected chi connectivity index (χ0v) is 22.6. The fourth-order valence-corrected chi connectivity index (χ4v) is 4.22. The summed E-state index contributed by atoms with van der Waals surface area (Å²) in [4.78, 5) is 12.6. The number of hydrogen-bond donors (Lipinski definition) is 0. The van der Waals surface area contributed by atoms with E-state index in [9.17, 15) is 9.18 Å². The van der Waals surface area contributed by atoms with Gasteiger partial charge in [0.15, 0.2) is 11.6 Å². The summed E-state index contributed by atoms with van der Waals surface area (Å²) in [6, 6.07) is 19.7. The summed E-state index contributed by atoms with van der Waals surface area (Å²) in [5, 5.41) is 0. The van der Waals surface area contributed by atoms with Gasteiger partial charge in [0, 0.05) is 0 Å². The van der Waals surface area contributed by atoms with Gasteiger partial charge in [-0.25, -0.2) is 9.18 Å². The molecule has 0 spiro atoms. The molecule has 0 heterocycles. The van der Waals surface area contributed by atoms with E-state index in [4.69, 9.17) is 9.47 Å². The summed E-state index contributed by atoms with van der Waals surface area (Å²) < 4.78 is 25.8. The maximum atomic E-state index is 14.6. The van der Waals surface area contributed by atoms with Gasteiger partial charge in [-0.3, -0.25) is 0 Å². The highest BCUT2D eigenvalue weighted by Gasteiger charge is 2.11. The lowest BCUT2D eigenvalue weighted by molar-refractivity contribution is 0.0734. The molecular formula is C33H41FO3. The van der Waals surface area contributed by atoms with E-state index in [1.54, 1.807) is 30.3 Å².